The summed E-state index contributed by atoms with van der Waals surface area (Å²) in [6, 6.07) is 6.36. The molecule has 0 aliphatic heterocycles. The predicted molar refractivity (Wildman–Crippen MR) is 102 cm³/mol. The maximum Gasteiger partial charge on any atom is 0.233 e. The molecule has 5 nitrogen and oxygen atoms in total. The molecule has 0 bridgehead atoms. The van der Waals surface area contributed by atoms with Crippen molar-refractivity contribution in [1.82, 2.24) is 15.5 Å². The van der Waals surface area contributed by atoms with Crippen LogP contribution in [-0.2, 0) is 17.6 Å². The van der Waals surface area contributed by atoms with Crippen LogP contribution in [0.1, 0.15) is 38.8 Å². The summed E-state index contributed by atoms with van der Waals surface area (Å²) in [4.78, 5) is 11.8. The van der Waals surface area contributed by atoms with Gasteiger partial charge in [0.1, 0.15) is 0 Å². The topological polar surface area (TPSA) is 66.9 Å². The van der Waals surface area contributed by atoms with Gasteiger partial charge in [0.2, 0.25) is 11.0 Å². The Labute approximate surface area is 151 Å². The molecule has 0 radical (unpaired) electrons. The van der Waals surface area contributed by atoms with Crippen molar-refractivity contribution in [2.45, 2.75) is 50.1 Å². The van der Waals surface area contributed by atoms with E-state index in [-0.39, 0.29) is 11.2 Å². The first kappa shape index (κ1) is 18.7. The van der Waals surface area contributed by atoms with Crippen LogP contribution in [0.2, 0.25) is 0 Å². The molecule has 1 aromatic carbocycles. The smallest absolute Gasteiger partial charge is 0.233 e. The Morgan fingerprint density at radius 1 is 1.21 bits per heavy atom. The summed E-state index contributed by atoms with van der Waals surface area (Å²) in [6.45, 7) is 8.73. The molecule has 0 aliphatic carbocycles. The Kier molecular flexibility index (Phi) is 7.05. The Balaban J connectivity index is 2.11. The van der Waals surface area contributed by atoms with Crippen LogP contribution in [0.3, 0.4) is 0 Å². The molecular formula is C17H24N4OS2. The molecule has 2 N–H and O–H groups in total. The summed E-state index contributed by atoms with van der Waals surface area (Å²) in [6.07, 6.45) is 1.93. The maximum atomic E-state index is 11.8. The van der Waals surface area contributed by atoms with E-state index in [9.17, 15) is 4.79 Å². The Hall–Kier alpha value is -1.60. The molecule has 0 saturated heterocycles. The van der Waals surface area contributed by atoms with Gasteiger partial charge in [0.15, 0.2) is 4.34 Å². The van der Waals surface area contributed by atoms with E-state index in [1.807, 2.05) is 13.8 Å². The van der Waals surface area contributed by atoms with Crippen LogP contribution >= 0.6 is 23.1 Å². The van der Waals surface area contributed by atoms with Gasteiger partial charge in [-0.3, -0.25) is 4.79 Å². The van der Waals surface area contributed by atoms with Crippen molar-refractivity contribution in [3.05, 3.63) is 29.3 Å². The second-order valence-electron chi connectivity index (χ2n) is 5.31. The highest BCUT2D eigenvalue weighted by Crippen LogP contribution is 2.32. The van der Waals surface area contributed by atoms with Crippen molar-refractivity contribution in [3.63, 3.8) is 0 Å². The average molecular weight is 365 g/mol. The first-order valence-electron chi connectivity index (χ1n) is 8.24. The minimum absolute atomic E-state index is 0.0248. The van der Waals surface area contributed by atoms with Gasteiger partial charge in [-0.1, -0.05) is 55.1 Å². The highest BCUT2D eigenvalue weighted by Gasteiger charge is 2.17. The monoisotopic (exact) mass is 364 g/mol. The molecule has 0 fully saturated rings. The van der Waals surface area contributed by atoms with Crippen LogP contribution in [0.5, 0.6) is 0 Å². The molecule has 0 saturated carbocycles. The number of nitrogens with one attached hydrogen (secondary N) is 2. The van der Waals surface area contributed by atoms with E-state index in [0.29, 0.717) is 6.54 Å². The van der Waals surface area contributed by atoms with E-state index >= 15 is 0 Å². The molecule has 1 aromatic heterocycles. The zero-order valence-corrected chi connectivity index (χ0v) is 16.2. The zero-order valence-electron chi connectivity index (χ0n) is 14.5. The minimum Gasteiger partial charge on any atom is -0.355 e. The van der Waals surface area contributed by atoms with Gasteiger partial charge in [0.05, 0.1) is 5.25 Å². The second-order valence-corrected chi connectivity index (χ2v) is 7.88. The van der Waals surface area contributed by atoms with E-state index in [2.05, 4.69) is 52.9 Å². The second kappa shape index (κ2) is 9.03. The zero-order chi connectivity index (χ0) is 17.5. The number of benzene rings is 1. The Bertz CT molecular complexity index is 665. The summed E-state index contributed by atoms with van der Waals surface area (Å²) < 4.78 is 0.795. The molecule has 7 heteroatoms. The molecule has 1 atom stereocenters. The SMILES string of the molecule is CCNC(=O)C(C)Sc1nnc(Nc2c(CC)cccc2CC)s1. The quantitative estimate of drug-likeness (QED) is 0.693. The van der Waals surface area contributed by atoms with Gasteiger partial charge in [-0.25, -0.2) is 0 Å². The van der Waals surface area contributed by atoms with E-state index in [1.165, 1.54) is 34.2 Å². The third-order valence-electron chi connectivity index (χ3n) is 3.64. The van der Waals surface area contributed by atoms with Crippen molar-refractivity contribution in [1.29, 1.82) is 0 Å². The molecule has 2 aromatic rings. The van der Waals surface area contributed by atoms with Crippen molar-refractivity contribution < 1.29 is 4.79 Å². The van der Waals surface area contributed by atoms with Crippen LogP contribution in [0, 0.1) is 0 Å². The number of para-hydroxylation sites is 1. The van der Waals surface area contributed by atoms with Gasteiger partial charge in [-0.15, -0.1) is 10.2 Å². The predicted octanol–water partition coefficient (Wildman–Crippen LogP) is 4.02. The fraction of sp³-hybridized carbons (Fsp3) is 0.471. The number of anilines is 2. The van der Waals surface area contributed by atoms with Crippen LogP contribution in [-0.4, -0.2) is 27.9 Å². The lowest BCUT2D eigenvalue weighted by Crippen LogP contribution is -2.30. The van der Waals surface area contributed by atoms with Crippen LogP contribution in [0.4, 0.5) is 10.8 Å². The van der Waals surface area contributed by atoms with Gasteiger partial charge < -0.3 is 10.6 Å². The number of aryl methyl sites for hydroxylation is 2. The van der Waals surface area contributed by atoms with Crippen molar-refractivity contribution in [2.24, 2.45) is 0 Å². The molecule has 0 spiro atoms. The standard InChI is InChI=1S/C17H24N4OS2/c1-5-12-9-8-10-13(6-2)14(12)19-16-20-21-17(24-16)23-11(4)15(22)18-7-3/h8-11H,5-7H2,1-4H3,(H,18,22)(H,19,20). The normalized spacial score (nSPS) is 12.0. The summed E-state index contributed by atoms with van der Waals surface area (Å²) >= 11 is 2.92. The number of carbonyl (C=O) groups is 1. The minimum atomic E-state index is -0.181. The summed E-state index contributed by atoms with van der Waals surface area (Å²) in [5.41, 5.74) is 3.68. The first-order valence-corrected chi connectivity index (χ1v) is 9.94. The van der Waals surface area contributed by atoms with Gasteiger partial charge in [0.25, 0.3) is 0 Å². The van der Waals surface area contributed by atoms with Gasteiger partial charge in [0, 0.05) is 12.2 Å². The van der Waals surface area contributed by atoms with E-state index in [1.54, 1.807) is 0 Å². The number of aromatic nitrogens is 2. The third kappa shape index (κ3) is 4.70. The molecular weight excluding hydrogens is 340 g/mol. The number of hydrogen-bond donors (Lipinski definition) is 2. The van der Waals surface area contributed by atoms with Crippen LogP contribution in [0.15, 0.2) is 22.5 Å². The lowest BCUT2D eigenvalue weighted by molar-refractivity contribution is -0.120. The highest BCUT2D eigenvalue weighted by molar-refractivity contribution is 8.02. The van der Waals surface area contributed by atoms with E-state index in [4.69, 9.17) is 0 Å². The Morgan fingerprint density at radius 3 is 2.46 bits per heavy atom. The molecule has 2 rings (SSSR count). The lowest BCUT2D eigenvalue weighted by atomic mass is 10.0. The fourth-order valence-corrected chi connectivity index (χ4v) is 4.27. The number of amides is 1. The molecule has 24 heavy (non-hydrogen) atoms. The van der Waals surface area contributed by atoms with E-state index in [0.717, 1.165) is 28.0 Å². The number of nitrogens with zero attached hydrogens (tertiary/aromatic N) is 2. The van der Waals surface area contributed by atoms with Gasteiger partial charge in [-0.2, -0.15) is 0 Å². The summed E-state index contributed by atoms with van der Waals surface area (Å²) in [7, 11) is 0. The van der Waals surface area contributed by atoms with Crippen LogP contribution in [0.25, 0.3) is 0 Å². The molecule has 1 heterocycles. The van der Waals surface area contributed by atoms with Crippen LogP contribution < -0.4 is 10.6 Å². The maximum absolute atomic E-state index is 11.8. The van der Waals surface area contributed by atoms with Gasteiger partial charge in [-0.05, 0) is 37.8 Å². The number of thioether (sulfide) groups is 1. The lowest BCUT2D eigenvalue weighted by Gasteiger charge is -2.13. The first-order chi connectivity index (χ1) is 11.6. The number of rotatable bonds is 8. The third-order valence-corrected chi connectivity index (χ3v) is 5.66. The van der Waals surface area contributed by atoms with Crippen molar-refractivity contribution in [2.75, 3.05) is 11.9 Å². The summed E-state index contributed by atoms with van der Waals surface area (Å²) in [5, 5.41) is 15.2. The molecule has 0 aliphatic rings. The van der Waals surface area contributed by atoms with Crippen molar-refractivity contribution in [3.8, 4) is 0 Å². The number of hydrogen-bond acceptors (Lipinski definition) is 6. The molecule has 130 valence electrons. The Morgan fingerprint density at radius 2 is 1.88 bits per heavy atom. The fourth-order valence-electron chi connectivity index (χ4n) is 2.34. The molecule has 1 amide bonds. The average Bonchev–Trinajstić information content (AvgIpc) is 3.02. The summed E-state index contributed by atoms with van der Waals surface area (Å²) in [5.74, 6) is 0.0248. The number of carbonyl (C=O) groups excluding carboxylic acids is 1. The molecule has 1 unspecified atom stereocenters. The van der Waals surface area contributed by atoms with Gasteiger partial charge >= 0.3 is 0 Å². The largest absolute Gasteiger partial charge is 0.355 e. The highest BCUT2D eigenvalue weighted by atomic mass is 32.2. The van der Waals surface area contributed by atoms with E-state index < -0.39 is 0 Å². The van der Waals surface area contributed by atoms with Crippen molar-refractivity contribution >= 4 is 39.8 Å².